The number of hydrogen-bond acceptors (Lipinski definition) is 4. The third-order valence-electron chi connectivity index (χ3n) is 3.02. The lowest BCUT2D eigenvalue weighted by molar-refractivity contribution is -0.117. The maximum atomic E-state index is 11.6. The average molecular weight is 288 g/mol. The number of rotatable bonds is 3. The molecule has 2 aliphatic heterocycles. The van der Waals surface area contributed by atoms with Crippen molar-refractivity contribution in [1.29, 1.82) is 0 Å². The number of amides is 1. The number of hydrogen-bond donors (Lipinski definition) is 0. The first kappa shape index (κ1) is 13.6. The first-order valence-electron chi connectivity index (χ1n) is 5.83. The van der Waals surface area contributed by atoms with E-state index in [-0.39, 0.29) is 28.7 Å². The molecule has 0 unspecified atom stereocenters. The molecule has 0 N–H and O–H groups in total. The summed E-state index contributed by atoms with van der Waals surface area (Å²) in [6, 6.07) is -0.0681. The summed E-state index contributed by atoms with van der Waals surface area (Å²) in [5.74, 6) is 0.155. The van der Waals surface area contributed by atoms with E-state index in [9.17, 15) is 13.2 Å². The minimum absolute atomic E-state index is 0.00152. The molecule has 1 amide bonds. The maximum Gasteiger partial charge on any atom is 0.247 e. The predicted octanol–water partition coefficient (Wildman–Crippen LogP) is 0.679. The highest BCUT2D eigenvalue weighted by molar-refractivity contribution is 8.15. The molecular formula is C11H16N2O3S2. The number of thioether (sulfide) groups is 1. The van der Waals surface area contributed by atoms with Crippen molar-refractivity contribution in [2.45, 2.75) is 24.6 Å². The molecule has 18 heavy (non-hydrogen) atoms. The van der Waals surface area contributed by atoms with Gasteiger partial charge in [-0.05, 0) is 0 Å². The van der Waals surface area contributed by atoms with E-state index in [4.69, 9.17) is 0 Å². The Morgan fingerprint density at radius 2 is 2.33 bits per heavy atom. The van der Waals surface area contributed by atoms with Crippen LogP contribution in [0.1, 0.15) is 13.3 Å². The van der Waals surface area contributed by atoms with Crippen molar-refractivity contribution < 1.29 is 13.2 Å². The van der Waals surface area contributed by atoms with Crippen LogP contribution < -0.4 is 0 Å². The van der Waals surface area contributed by atoms with Crippen LogP contribution in [0.4, 0.5) is 0 Å². The van der Waals surface area contributed by atoms with Gasteiger partial charge in [-0.25, -0.2) is 8.42 Å². The highest BCUT2D eigenvalue weighted by Gasteiger charge is 2.48. The van der Waals surface area contributed by atoms with Gasteiger partial charge in [-0.2, -0.15) is 4.99 Å². The lowest BCUT2D eigenvalue weighted by atomic mass is 10.2. The Balaban J connectivity index is 2.24. The molecule has 0 aromatic heterocycles. The Hall–Kier alpha value is -0.820. The van der Waals surface area contributed by atoms with Gasteiger partial charge in [0.25, 0.3) is 0 Å². The van der Waals surface area contributed by atoms with E-state index in [0.29, 0.717) is 18.1 Å². The second-order valence-corrected chi connectivity index (χ2v) is 7.74. The Bertz CT molecular complexity index is 498. The molecular weight excluding hydrogens is 272 g/mol. The summed E-state index contributed by atoms with van der Waals surface area (Å²) < 4.78 is 23.2. The third-order valence-corrected chi connectivity index (χ3v) is 6.27. The van der Waals surface area contributed by atoms with Gasteiger partial charge >= 0.3 is 0 Å². The van der Waals surface area contributed by atoms with Crippen LogP contribution in [0.15, 0.2) is 17.6 Å². The van der Waals surface area contributed by atoms with Gasteiger partial charge in [0.15, 0.2) is 15.0 Å². The number of nitrogens with zero attached hydrogens (tertiary/aromatic N) is 2. The van der Waals surface area contributed by atoms with Gasteiger partial charge in [0.2, 0.25) is 5.91 Å². The van der Waals surface area contributed by atoms with Crippen LogP contribution in [-0.2, 0) is 14.6 Å². The fraction of sp³-hybridized carbons (Fsp3) is 0.636. The van der Waals surface area contributed by atoms with Crippen LogP contribution in [-0.4, -0.2) is 53.7 Å². The number of carbonyl (C=O) groups is 1. The third kappa shape index (κ3) is 2.61. The van der Waals surface area contributed by atoms with E-state index in [2.05, 4.69) is 11.6 Å². The van der Waals surface area contributed by atoms with Crippen LogP contribution in [0.25, 0.3) is 0 Å². The molecule has 2 atom stereocenters. The molecule has 7 heteroatoms. The minimum atomic E-state index is -2.95. The molecule has 0 radical (unpaired) electrons. The molecule has 2 rings (SSSR count). The molecule has 2 fully saturated rings. The molecule has 100 valence electrons. The van der Waals surface area contributed by atoms with Crippen LogP contribution in [0.5, 0.6) is 0 Å². The smallest absolute Gasteiger partial charge is 0.247 e. The Labute approximate surface area is 111 Å². The summed E-state index contributed by atoms with van der Waals surface area (Å²) in [5.41, 5.74) is 0. The fourth-order valence-electron chi connectivity index (χ4n) is 2.17. The largest absolute Gasteiger partial charge is 0.342 e. The van der Waals surface area contributed by atoms with Crippen LogP contribution in [0, 0.1) is 0 Å². The summed E-state index contributed by atoms with van der Waals surface area (Å²) in [6.45, 7) is 5.95. The number of carbonyl (C=O) groups excluding carboxylic acids is 1. The molecule has 0 aromatic rings. The van der Waals surface area contributed by atoms with Crippen molar-refractivity contribution in [3.63, 3.8) is 0 Å². The number of amidine groups is 1. The van der Waals surface area contributed by atoms with E-state index in [1.165, 1.54) is 11.8 Å². The highest BCUT2D eigenvalue weighted by Crippen LogP contribution is 2.37. The van der Waals surface area contributed by atoms with Gasteiger partial charge in [-0.15, -0.1) is 6.58 Å². The van der Waals surface area contributed by atoms with Gasteiger partial charge in [-0.3, -0.25) is 4.79 Å². The monoisotopic (exact) mass is 288 g/mol. The number of sulfone groups is 1. The second-order valence-electron chi connectivity index (χ2n) is 4.38. The summed E-state index contributed by atoms with van der Waals surface area (Å²) in [4.78, 5) is 17.3. The molecule has 0 aliphatic carbocycles. The van der Waals surface area contributed by atoms with Gasteiger partial charge < -0.3 is 4.90 Å². The highest BCUT2D eigenvalue weighted by atomic mass is 32.2. The van der Waals surface area contributed by atoms with Crippen LogP contribution >= 0.6 is 11.8 Å². The zero-order valence-electron chi connectivity index (χ0n) is 10.2. The maximum absolute atomic E-state index is 11.6. The minimum Gasteiger partial charge on any atom is -0.342 e. The van der Waals surface area contributed by atoms with Crippen molar-refractivity contribution in [3.8, 4) is 0 Å². The number of aliphatic imine (C=N–C) groups is 1. The average Bonchev–Trinajstić information content (AvgIpc) is 2.73. The second kappa shape index (κ2) is 5.05. The van der Waals surface area contributed by atoms with E-state index in [0.717, 1.165) is 0 Å². The zero-order chi connectivity index (χ0) is 13.3. The summed E-state index contributed by atoms with van der Waals surface area (Å²) in [6.07, 6.45) is 2.07. The molecule has 2 heterocycles. The molecule has 0 saturated carbocycles. The first-order chi connectivity index (χ1) is 8.46. The Kier molecular flexibility index (Phi) is 3.82. The van der Waals surface area contributed by atoms with Gasteiger partial charge in [0.05, 0.1) is 17.5 Å². The van der Waals surface area contributed by atoms with Crippen LogP contribution in [0.2, 0.25) is 0 Å². The molecule has 0 bridgehead atoms. The number of fused-ring (bicyclic) bond motifs is 1. The van der Waals surface area contributed by atoms with Crippen molar-refractivity contribution >= 4 is 32.7 Å². The lowest BCUT2D eigenvalue weighted by Crippen LogP contribution is -2.37. The summed E-state index contributed by atoms with van der Waals surface area (Å²) >= 11 is 1.40. The fourth-order valence-corrected chi connectivity index (χ4v) is 6.15. The molecule has 2 saturated heterocycles. The molecule has 0 aromatic carbocycles. The predicted molar refractivity (Wildman–Crippen MR) is 73.5 cm³/mol. The van der Waals surface area contributed by atoms with Crippen molar-refractivity contribution in [1.82, 2.24) is 4.90 Å². The van der Waals surface area contributed by atoms with Gasteiger partial charge in [0, 0.05) is 18.2 Å². The van der Waals surface area contributed by atoms with E-state index < -0.39 is 9.84 Å². The van der Waals surface area contributed by atoms with Crippen molar-refractivity contribution in [3.05, 3.63) is 12.7 Å². The summed E-state index contributed by atoms with van der Waals surface area (Å²) in [7, 11) is -2.95. The molecule has 0 spiro atoms. The van der Waals surface area contributed by atoms with Gasteiger partial charge in [-0.1, -0.05) is 24.8 Å². The first-order valence-corrected chi connectivity index (χ1v) is 8.53. The molecule has 2 aliphatic rings. The van der Waals surface area contributed by atoms with E-state index >= 15 is 0 Å². The quantitative estimate of drug-likeness (QED) is 0.714. The molecule has 5 nitrogen and oxygen atoms in total. The Morgan fingerprint density at radius 3 is 2.94 bits per heavy atom. The Morgan fingerprint density at radius 1 is 1.61 bits per heavy atom. The van der Waals surface area contributed by atoms with E-state index in [1.54, 1.807) is 13.0 Å². The topological polar surface area (TPSA) is 66.8 Å². The zero-order valence-corrected chi connectivity index (χ0v) is 11.8. The van der Waals surface area contributed by atoms with Crippen LogP contribution in [0.3, 0.4) is 0 Å². The standard InChI is InChI=1S/C11H16N2O3S2/c1-3-5-13-8-6-18(15,16)7-9(8)17-11(13)12-10(14)4-2/h3,8-9H,1,4-7H2,2H3/t8-,9-/m0/s1. The lowest BCUT2D eigenvalue weighted by Gasteiger charge is -2.22. The normalized spacial score (nSPS) is 31.6. The summed E-state index contributed by atoms with van der Waals surface area (Å²) in [5, 5.41) is 0.644. The van der Waals surface area contributed by atoms with Crippen molar-refractivity contribution in [2.24, 2.45) is 4.99 Å². The SMILES string of the molecule is C=CCN1C(=NC(=O)CC)S[C@H]2CS(=O)(=O)C[C@@H]21. The van der Waals surface area contributed by atoms with Gasteiger partial charge in [0.1, 0.15) is 0 Å². The van der Waals surface area contributed by atoms with Crippen molar-refractivity contribution in [2.75, 3.05) is 18.1 Å². The van der Waals surface area contributed by atoms with E-state index in [1.807, 2.05) is 4.90 Å².